The Labute approximate surface area is 132 Å². The van der Waals surface area contributed by atoms with Crippen LogP contribution in [0.25, 0.3) is 0 Å². The average molecular weight is 306 g/mol. The molecule has 0 saturated carbocycles. The first-order valence-corrected chi connectivity index (χ1v) is 7.84. The second-order valence-electron chi connectivity index (χ2n) is 5.93. The topological polar surface area (TPSA) is 53.0 Å². The van der Waals surface area contributed by atoms with Crippen LogP contribution in [0.1, 0.15) is 23.7 Å². The van der Waals surface area contributed by atoms with E-state index >= 15 is 0 Å². The summed E-state index contributed by atoms with van der Waals surface area (Å²) in [6.07, 6.45) is 0.533. The first-order valence-electron chi connectivity index (χ1n) is 7.84. The highest BCUT2D eigenvalue weighted by atomic mass is 16.5. The van der Waals surface area contributed by atoms with E-state index in [9.17, 15) is 9.90 Å². The van der Waals surface area contributed by atoms with Crippen LogP contribution in [0.5, 0.6) is 0 Å². The van der Waals surface area contributed by atoms with E-state index in [4.69, 9.17) is 4.74 Å². The minimum Gasteiger partial charge on any atom is -0.468 e. The number of aliphatic hydroxyl groups is 1. The highest BCUT2D eigenvalue weighted by Crippen LogP contribution is 2.16. The molecule has 0 aromatic heterocycles. The predicted octanol–water partition coefficient (Wildman–Crippen LogP) is 1.21. The molecule has 0 bridgehead atoms. The van der Waals surface area contributed by atoms with Gasteiger partial charge in [-0.1, -0.05) is 29.8 Å². The molecule has 1 unspecified atom stereocenters. The van der Waals surface area contributed by atoms with Crippen molar-refractivity contribution in [2.75, 3.05) is 46.4 Å². The SMILES string of the molecule is COC(=O)CN1CCCN(CC(O)c2ccc(C)cc2)CC1. The Morgan fingerprint density at radius 2 is 1.82 bits per heavy atom. The molecule has 1 aliphatic heterocycles. The summed E-state index contributed by atoms with van der Waals surface area (Å²) in [6, 6.07) is 8.03. The number of hydrogen-bond acceptors (Lipinski definition) is 5. The first kappa shape index (κ1) is 16.9. The van der Waals surface area contributed by atoms with Gasteiger partial charge in [0.25, 0.3) is 0 Å². The van der Waals surface area contributed by atoms with Crippen molar-refractivity contribution in [2.45, 2.75) is 19.4 Å². The van der Waals surface area contributed by atoms with Crippen LogP contribution >= 0.6 is 0 Å². The zero-order valence-electron chi connectivity index (χ0n) is 13.5. The van der Waals surface area contributed by atoms with Crippen LogP contribution in [0.3, 0.4) is 0 Å². The standard InChI is InChI=1S/C17H26N2O3/c1-14-4-6-15(7-5-14)16(20)12-18-8-3-9-19(11-10-18)13-17(21)22-2/h4-7,16,20H,3,8-13H2,1-2H3. The van der Waals surface area contributed by atoms with E-state index in [1.165, 1.54) is 12.7 Å². The van der Waals surface area contributed by atoms with Gasteiger partial charge in [-0.3, -0.25) is 14.6 Å². The molecule has 5 nitrogen and oxygen atoms in total. The lowest BCUT2D eigenvalue weighted by atomic mass is 10.1. The molecule has 0 aliphatic carbocycles. The number of rotatable bonds is 5. The molecule has 1 fully saturated rings. The van der Waals surface area contributed by atoms with E-state index in [1.807, 2.05) is 31.2 Å². The highest BCUT2D eigenvalue weighted by Gasteiger charge is 2.19. The van der Waals surface area contributed by atoms with Gasteiger partial charge in [0.15, 0.2) is 0 Å². The van der Waals surface area contributed by atoms with Gasteiger partial charge in [0.05, 0.1) is 19.8 Å². The zero-order valence-corrected chi connectivity index (χ0v) is 13.5. The van der Waals surface area contributed by atoms with Crippen LogP contribution in [-0.2, 0) is 9.53 Å². The lowest BCUT2D eigenvalue weighted by molar-refractivity contribution is -0.141. The largest absolute Gasteiger partial charge is 0.468 e. The molecule has 1 N–H and O–H groups in total. The van der Waals surface area contributed by atoms with Gasteiger partial charge in [-0.25, -0.2) is 0 Å². The van der Waals surface area contributed by atoms with Crippen molar-refractivity contribution in [2.24, 2.45) is 0 Å². The smallest absolute Gasteiger partial charge is 0.319 e. The summed E-state index contributed by atoms with van der Waals surface area (Å²) in [5, 5.41) is 10.4. The Kier molecular flexibility index (Phi) is 6.36. The van der Waals surface area contributed by atoms with Crippen LogP contribution in [0.2, 0.25) is 0 Å². The summed E-state index contributed by atoms with van der Waals surface area (Å²) in [5.41, 5.74) is 2.16. The molecule has 2 rings (SSSR count). The van der Waals surface area contributed by atoms with E-state index < -0.39 is 6.10 Å². The second kappa shape index (κ2) is 8.27. The Balaban J connectivity index is 1.83. The number of carbonyl (C=O) groups excluding carboxylic acids is 1. The summed E-state index contributed by atoms with van der Waals surface area (Å²) < 4.78 is 4.72. The molecule has 1 aromatic rings. The third kappa shape index (κ3) is 5.09. The fourth-order valence-electron chi connectivity index (χ4n) is 2.75. The minimum absolute atomic E-state index is 0.187. The van der Waals surface area contributed by atoms with Gasteiger partial charge >= 0.3 is 5.97 Å². The number of β-amino-alcohol motifs (C(OH)–C–C–N with tert-alkyl or cyclic N) is 1. The van der Waals surface area contributed by atoms with Crippen LogP contribution < -0.4 is 0 Å². The Morgan fingerprint density at radius 3 is 2.50 bits per heavy atom. The van der Waals surface area contributed by atoms with E-state index in [0.717, 1.165) is 38.2 Å². The molecule has 5 heteroatoms. The molecule has 1 saturated heterocycles. The van der Waals surface area contributed by atoms with Crippen molar-refractivity contribution < 1.29 is 14.6 Å². The van der Waals surface area contributed by atoms with Crippen LogP contribution in [0.4, 0.5) is 0 Å². The number of aliphatic hydroxyl groups excluding tert-OH is 1. The number of benzene rings is 1. The maximum atomic E-state index is 11.3. The third-order valence-corrected chi connectivity index (χ3v) is 4.15. The van der Waals surface area contributed by atoms with Crippen LogP contribution in [0, 0.1) is 6.92 Å². The lowest BCUT2D eigenvalue weighted by Gasteiger charge is -2.24. The zero-order chi connectivity index (χ0) is 15.9. The molecular formula is C17H26N2O3. The summed E-state index contributed by atoms with van der Waals surface area (Å²) >= 11 is 0. The van der Waals surface area contributed by atoms with Gasteiger partial charge in [-0.05, 0) is 25.5 Å². The number of hydrogen-bond donors (Lipinski definition) is 1. The van der Waals surface area contributed by atoms with E-state index in [0.29, 0.717) is 13.1 Å². The van der Waals surface area contributed by atoms with Crippen LogP contribution in [0.15, 0.2) is 24.3 Å². The van der Waals surface area contributed by atoms with Crippen molar-refractivity contribution in [3.63, 3.8) is 0 Å². The van der Waals surface area contributed by atoms with Crippen molar-refractivity contribution in [1.82, 2.24) is 9.80 Å². The number of methoxy groups -OCH3 is 1. The molecule has 1 aromatic carbocycles. The van der Waals surface area contributed by atoms with Gasteiger partial charge in [-0.15, -0.1) is 0 Å². The summed E-state index contributed by atoms with van der Waals surface area (Å²) in [7, 11) is 1.42. The van der Waals surface area contributed by atoms with Crippen molar-refractivity contribution in [1.29, 1.82) is 0 Å². The molecule has 0 spiro atoms. The van der Waals surface area contributed by atoms with Gasteiger partial charge < -0.3 is 9.84 Å². The Bertz CT molecular complexity index is 475. The lowest BCUT2D eigenvalue weighted by Crippen LogP contribution is -2.35. The van der Waals surface area contributed by atoms with E-state index in [1.54, 1.807) is 0 Å². The fourth-order valence-corrected chi connectivity index (χ4v) is 2.75. The van der Waals surface area contributed by atoms with Crippen molar-refractivity contribution in [3.05, 3.63) is 35.4 Å². The van der Waals surface area contributed by atoms with Crippen molar-refractivity contribution >= 4 is 5.97 Å². The number of esters is 1. The van der Waals surface area contributed by atoms with Gasteiger partial charge in [0.2, 0.25) is 0 Å². The maximum absolute atomic E-state index is 11.3. The minimum atomic E-state index is -0.465. The van der Waals surface area contributed by atoms with Crippen molar-refractivity contribution in [3.8, 4) is 0 Å². The summed E-state index contributed by atoms with van der Waals surface area (Å²) in [5.74, 6) is -0.187. The monoisotopic (exact) mass is 306 g/mol. The third-order valence-electron chi connectivity index (χ3n) is 4.15. The van der Waals surface area contributed by atoms with Gasteiger partial charge in [0, 0.05) is 26.2 Å². The van der Waals surface area contributed by atoms with E-state index in [-0.39, 0.29) is 5.97 Å². The number of aryl methyl sites for hydroxylation is 1. The average Bonchev–Trinajstić information content (AvgIpc) is 2.73. The Hall–Kier alpha value is -1.43. The Morgan fingerprint density at radius 1 is 1.18 bits per heavy atom. The highest BCUT2D eigenvalue weighted by molar-refractivity contribution is 5.71. The predicted molar refractivity (Wildman–Crippen MR) is 85.7 cm³/mol. The molecule has 122 valence electrons. The number of carbonyl (C=O) groups is 1. The molecule has 1 aliphatic rings. The molecule has 0 radical (unpaired) electrons. The van der Waals surface area contributed by atoms with Gasteiger partial charge in [0.1, 0.15) is 0 Å². The van der Waals surface area contributed by atoms with Gasteiger partial charge in [-0.2, -0.15) is 0 Å². The molecular weight excluding hydrogens is 280 g/mol. The molecule has 22 heavy (non-hydrogen) atoms. The first-order chi connectivity index (χ1) is 10.6. The number of nitrogens with zero attached hydrogens (tertiary/aromatic N) is 2. The van der Waals surface area contributed by atoms with E-state index in [2.05, 4.69) is 9.80 Å². The number of ether oxygens (including phenoxy) is 1. The molecule has 1 heterocycles. The molecule has 0 amide bonds. The quantitative estimate of drug-likeness (QED) is 0.829. The summed E-state index contributed by atoms with van der Waals surface area (Å²) in [6.45, 7) is 6.56. The van der Waals surface area contributed by atoms with Crippen LogP contribution in [-0.4, -0.2) is 67.3 Å². The second-order valence-corrected chi connectivity index (χ2v) is 5.93. The maximum Gasteiger partial charge on any atom is 0.319 e. The summed E-state index contributed by atoms with van der Waals surface area (Å²) in [4.78, 5) is 15.7. The molecule has 1 atom stereocenters. The fraction of sp³-hybridized carbons (Fsp3) is 0.588. The normalized spacial score (nSPS) is 18.7.